The van der Waals surface area contributed by atoms with Crippen LogP contribution in [0.4, 0.5) is 0 Å². The van der Waals surface area contributed by atoms with Crippen LogP contribution in [0.5, 0.6) is 0 Å². The van der Waals surface area contributed by atoms with Gasteiger partial charge in [0.2, 0.25) is 0 Å². The number of hydrogen-bond donors (Lipinski definition) is 1. The number of piperazine rings is 1. The van der Waals surface area contributed by atoms with Gasteiger partial charge in [0.15, 0.2) is 0 Å². The summed E-state index contributed by atoms with van der Waals surface area (Å²) in [5.74, 6) is 0.481. The van der Waals surface area contributed by atoms with E-state index in [0.29, 0.717) is 5.92 Å². The van der Waals surface area contributed by atoms with Gasteiger partial charge in [-0.15, -0.1) is 0 Å². The van der Waals surface area contributed by atoms with E-state index in [1.807, 2.05) is 0 Å². The summed E-state index contributed by atoms with van der Waals surface area (Å²) in [4.78, 5) is 7.36. The van der Waals surface area contributed by atoms with Crippen LogP contribution in [-0.2, 0) is 0 Å². The van der Waals surface area contributed by atoms with Crippen LogP contribution in [-0.4, -0.2) is 85.3 Å². The van der Waals surface area contributed by atoms with Crippen molar-refractivity contribution in [3.63, 3.8) is 0 Å². The van der Waals surface area contributed by atoms with E-state index in [0.717, 1.165) is 32.6 Å². The molecule has 2 atom stereocenters. The molecule has 0 radical (unpaired) electrons. The molecule has 0 aromatic rings. The van der Waals surface area contributed by atoms with Crippen molar-refractivity contribution in [2.75, 3.05) is 59.4 Å². The monoisotopic (exact) mass is 241 g/mol. The molecule has 0 aromatic carbocycles. The van der Waals surface area contributed by atoms with Gasteiger partial charge in [0.1, 0.15) is 0 Å². The molecule has 2 rings (SSSR count). The molecule has 2 saturated heterocycles. The van der Waals surface area contributed by atoms with Crippen molar-refractivity contribution in [1.82, 2.24) is 14.7 Å². The minimum atomic E-state index is -0.115. The number of piperidine rings is 1. The van der Waals surface area contributed by atoms with Crippen molar-refractivity contribution in [1.29, 1.82) is 0 Å². The van der Waals surface area contributed by atoms with Gasteiger partial charge in [-0.2, -0.15) is 0 Å². The Morgan fingerprint density at radius 2 is 1.65 bits per heavy atom. The Kier molecular flexibility index (Phi) is 4.79. The van der Waals surface area contributed by atoms with Crippen molar-refractivity contribution in [2.45, 2.75) is 19.4 Å². The Hall–Kier alpha value is -0.160. The number of β-amino-alcohol motifs (C(OH)–C–C–N with tert-alkyl or cyclic N) is 1. The fourth-order valence-corrected chi connectivity index (χ4v) is 2.67. The van der Waals surface area contributed by atoms with Crippen LogP contribution in [0, 0.1) is 5.92 Å². The molecule has 2 aliphatic rings. The summed E-state index contributed by atoms with van der Waals surface area (Å²) >= 11 is 0. The topological polar surface area (TPSA) is 30.0 Å². The summed E-state index contributed by atoms with van der Waals surface area (Å²) in [7, 11) is 2.19. The van der Waals surface area contributed by atoms with E-state index < -0.39 is 0 Å². The zero-order chi connectivity index (χ0) is 12.3. The molecule has 0 saturated carbocycles. The van der Waals surface area contributed by atoms with Gasteiger partial charge in [0, 0.05) is 45.8 Å². The minimum absolute atomic E-state index is 0.115. The second kappa shape index (κ2) is 6.14. The summed E-state index contributed by atoms with van der Waals surface area (Å²) in [5.41, 5.74) is 0. The zero-order valence-corrected chi connectivity index (χ0v) is 11.3. The smallest absolute Gasteiger partial charge is 0.0693 e. The maximum atomic E-state index is 9.86. The minimum Gasteiger partial charge on any atom is -0.392 e. The van der Waals surface area contributed by atoms with Gasteiger partial charge in [0.25, 0.3) is 0 Å². The number of aliphatic hydroxyl groups is 1. The Morgan fingerprint density at radius 3 is 2.29 bits per heavy atom. The Bertz CT molecular complexity index is 229. The van der Waals surface area contributed by atoms with Crippen molar-refractivity contribution in [2.24, 2.45) is 5.92 Å². The van der Waals surface area contributed by atoms with Crippen molar-refractivity contribution in [3.05, 3.63) is 0 Å². The molecule has 2 fully saturated rings. The van der Waals surface area contributed by atoms with Crippen LogP contribution < -0.4 is 0 Å². The molecule has 4 nitrogen and oxygen atoms in total. The van der Waals surface area contributed by atoms with Gasteiger partial charge < -0.3 is 10.0 Å². The average Bonchev–Trinajstić information content (AvgIpc) is 2.33. The number of nitrogens with zero attached hydrogens (tertiary/aromatic N) is 3. The largest absolute Gasteiger partial charge is 0.392 e. The Labute approximate surface area is 105 Å². The second-order valence-corrected chi connectivity index (χ2v) is 5.78. The van der Waals surface area contributed by atoms with E-state index in [2.05, 4.69) is 28.7 Å². The van der Waals surface area contributed by atoms with Gasteiger partial charge in [0.05, 0.1) is 6.10 Å². The van der Waals surface area contributed by atoms with E-state index in [-0.39, 0.29) is 6.10 Å². The molecule has 0 spiro atoms. The van der Waals surface area contributed by atoms with Crippen molar-refractivity contribution in [3.8, 4) is 0 Å². The zero-order valence-electron chi connectivity index (χ0n) is 11.3. The van der Waals surface area contributed by atoms with Crippen LogP contribution in [0.15, 0.2) is 0 Å². The van der Waals surface area contributed by atoms with E-state index in [4.69, 9.17) is 0 Å². The third kappa shape index (κ3) is 3.91. The molecule has 2 unspecified atom stereocenters. The molecule has 17 heavy (non-hydrogen) atoms. The standard InChI is InChI=1S/C13H27N3O/c1-12-3-4-16(11-13(12)17)10-9-15-7-5-14(2)6-8-15/h12-13,17H,3-11H2,1-2H3. The first kappa shape index (κ1) is 13.3. The molecular formula is C13H27N3O. The molecule has 4 heteroatoms. The van der Waals surface area contributed by atoms with Gasteiger partial charge >= 0.3 is 0 Å². The number of likely N-dealkylation sites (tertiary alicyclic amines) is 1. The molecule has 0 bridgehead atoms. The highest BCUT2D eigenvalue weighted by molar-refractivity contribution is 4.78. The van der Waals surface area contributed by atoms with Gasteiger partial charge in [-0.25, -0.2) is 0 Å². The second-order valence-electron chi connectivity index (χ2n) is 5.78. The average molecular weight is 241 g/mol. The van der Waals surface area contributed by atoms with Crippen LogP contribution >= 0.6 is 0 Å². The summed E-state index contributed by atoms with van der Waals surface area (Å²) in [6.07, 6.45) is 1.03. The summed E-state index contributed by atoms with van der Waals surface area (Å²) in [6, 6.07) is 0. The SMILES string of the molecule is CC1CCN(CCN2CCN(C)CC2)CC1O. The van der Waals surface area contributed by atoms with E-state index in [9.17, 15) is 5.11 Å². The fraction of sp³-hybridized carbons (Fsp3) is 1.00. The van der Waals surface area contributed by atoms with Gasteiger partial charge in [-0.05, 0) is 25.9 Å². The van der Waals surface area contributed by atoms with Crippen LogP contribution in [0.2, 0.25) is 0 Å². The number of hydrogen-bond acceptors (Lipinski definition) is 4. The molecule has 0 amide bonds. The lowest BCUT2D eigenvalue weighted by atomic mass is 9.96. The molecule has 2 heterocycles. The molecule has 1 N–H and O–H groups in total. The van der Waals surface area contributed by atoms with Crippen LogP contribution in [0.25, 0.3) is 0 Å². The summed E-state index contributed by atoms with van der Waals surface area (Å²) in [5, 5.41) is 9.86. The third-order valence-corrected chi connectivity index (χ3v) is 4.33. The van der Waals surface area contributed by atoms with Crippen LogP contribution in [0.3, 0.4) is 0 Å². The van der Waals surface area contributed by atoms with E-state index in [1.54, 1.807) is 0 Å². The van der Waals surface area contributed by atoms with Crippen LogP contribution in [0.1, 0.15) is 13.3 Å². The fourth-order valence-electron chi connectivity index (χ4n) is 2.67. The Balaban J connectivity index is 1.65. The lowest BCUT2D eigenvalue weighted by Crippen LogP contribution is -2.49. The third-order valence-electron chi connectivity index (χ3n) is 4.33. The number of rotatable bonds is 3. The first-order valence-corrected chi connectivity index (χ1v) is 6.96. The highest BCUT2D eigenvalue weighted by Gasteiger charge is 2.24. The first-order valence-electron chi connectivity index (χ1n) is 6.96. The highest BCUT2D eigenvalue weighted by Crippen LogP contribution is 2.16. The quantitative estimate of drug-likeness (QED) is 0.749. The molecule has 100 valence electrons. The first-order chi connectivity index (χ1) is 8.15. The maximum Gasteiger partial charge on any atom is 0.0693 e. The molecular weight excluding hydrogens is 214 g/mol. The maximum absolute atomic E-state index is 9.86. The summed E-state index contributed by atoms with van der Waals surface area (Å²) < 4.78 is 0. The van der Waals surface area contributed by atoms with Crippen molar-refractivity contribution >= 4 is 0 Å². The molecule has 0 aliphatic carbocycles. The van der Waals surface area contributed by atoms with Gasteiger partial charge in [-0.1, -0.05) is 6.92 Å². The van der Waals surface area contributed by atoms with Crippen molar-refractivity contribution < 1.29 is 5.11 Å². The Morgan fingerprint density at radius 1 is 1.00 bits per heavy atom. The van der Waals surface area contributed by atoms with E-state index in [1.165, 1.54) is 26.2 Å². The molecule has 2 aliphatic heterocycles. The summed E-state index contributed by atoms with van der Waals surface area (Å²) in [6.45, 7) is 11.2. The lowest BCUT2D eigenvalue weighted by molar-refractivity contribution is 0.0232. The number of aliphatic hydroxyl groups excluding tert-OH is 1. The normalized spacial score (nSPS) is 34.1. The van der Waals surface area contributed by atoms with E-state index >= 15 is 0 Å². The highest BCUT2D eigenvalue weighted by atomic mass is 16.3. The predicted octanol–water partition coefficient (Wildman–Crippen LogP) is -0.0635. The molecule has 0 aromatic heterocycles. The number of likely N-dealkylation sites (N-methyl/N-ethyl adjacent to an activating group) is 1. The lowest BCUT2D eigenvalue weighted by Gasteiger charge is -2.37. The predicted molar refractivity (Wildman–Crippen MR) is 70.2 cm³/mol. The van der Waals surface area contributed by atoms with Gasteiger partial charge in [-0.3, -0.25) is 9.80 Å².